The van der Waals surface area contributed by atoms with Crippen LogP contribution in [-0.4, -0.2) is 67.8 Å². The van der Waals surface area contributed by atoms with Gasteiger partial charge in [-0.05, 0) is 61.1 Å². The Hall–Kier alpha value is -5.93. The third-order valence-electron chi connectivity index (χ3n) is 7.47. The molecule has 0 aliphatic heterocycles. The highest BCUT2D eigenvalue weighted by molar-refractivity contribution is 5.90. The van der Waals surface area contributed by atoms with E-state index < -0.39 is 36.1 Å². The van der Waals surface area contributed by atoms with Crippen molar-refractivity contribution in [2.75, 3.05) is 6.54 Å². The van der Waals surface area contributed by atoms with Crippen molar-refractivity contribution in [3.05, 3.63) is 94.7 Å². The summed E-state index contributed by atoms with van der Waals surface area (Å²) in [5.74, 6) is -0.882. The zero-order valence-electron chi connectivity index (χ0n) is 26.7. The fourth-order valence-corrected chi connectivity index (χ4v) is 5.18. The number of hydrogen-bond donors (Lipinski definition) is 7. The summed E-state index contributed by atoms with van der Waals surface area (Å²) in [6.45, 7) is 3.75. The van der Waals surface area contributed by atoms with Gasteiger partial charge in [-0.3, -0.25) is 14.6 Å². The van der Waals surface area contributed by atoms with Gasteiger partial charge in [0.15, 0.2) is 12.1 Å². The molecule has 48 heavy (non-hydrogen) atoms. The number of nitrogens with two attached hydrogens (primary N) is 3. The normalized spacial score (nSPS) is 12.8. The Labute approximate surface area is 276 Å². The highest BCUT2D eigenvalue weighted by Gasteiger charge is 2.31. The Kier molecular flexibility index (Phi) is 12.1. The molecule has 0 aliphatic carbocycles. The largest absolute Gasteiger partial charge is 0.508 e. The predicted octanol–water partition coefficient (Wildman–Crippen LogP) is 1.35. The molecule has 2 heterocycles. The molecule has 3 atom stereocenters. The van der Waals surface area contributed by atoms with Crippen LogP contribution in [0.4, 0.5) is 4.79 Å². The van der Waals surface area contributed by atoms with Gasteiger partial charge in [-0.25, -0.2) is 9.78 Å². The number of nitrogens with one attached hydrogen (secondary N) is 3. The van der Waals surface area contributed by atoms with Gasteiger partial charge >= 0.3 is 6.09 Å². The van der Waals surface area contributed by atoms with Crippen LogP contribution in [0.25, 0.3) is 0 Å². The van der Waals surface area contributed by atoms with Crippen molar-refractivity contribution in [1.29, 1.82) is 0 Å². The molecule has 2 aromatic carbocycles. The van der Waals surface area contributed by atoms with E-state index in [0.29, 0.717) is 29.1 Å². The van der Waals surface area contributed by atoms with Gasteiger partial charge in [0.2, 0.25) is 17.7 Å². The maximum absolute atomic E-state index is 14.1. The molecule has 0 fully saturated rings. The van der Waals surface area contributed by atoms with Crippen LogP contribution in [0.2, 0.25) is 0 Å². The molecule has 254 valence electrons. The summed E-state index contributed by atoms with van der Waals surface area (Å²) >= 11 is 0. The van der Waals surface area contributed by atoms with Crippen LogP contribution in [0.15, 0.2) is 64.4 Å². The number of aromatic amines is 1. The van der Waals surface area contributed by atoms with Crippen molar-refractivity contribution in [1.82, 2.24) is 30.8 Å². The number of amides is 3. The highest BCUT2D eigenvalue weighted by Crippen LogP contribution is 2.23. The van der Waals surface area contributed by atoms with Gasteiger partial charge in [0.05, 0.1) is 12.7 Å². The summed E-state index contributed by atoms with van der Waals surface area (Å²) in [6, 6.07) is 10.7. The Balaban J connectivity index is 1.61. The van der Waals surface area contributed by atoms with E-state index in [1.165, 1.54) is 6.33 Å². The topological polar surface area (TPSA) is 263 Å². The SMILES string of the molecule is Cc1cc(O)cc(C)c1CC(NC(=O)C(CCCN=C(N)N)OC(N)=O)C(=O)NC(Cc1cnc[nH]1)c1nnc(Cc2ccccc2)o1. The standard InChI is InChI=1S/C32H40N10O6/c1-18-11-22(43)12-19(2)23(18)15-24(39-29(45)26(47-32(35)46)9-6-10-37-31(33)34)28(44)40-25(14-21-16-36-17-38-21)30-42-41-27(48-30)13-20-7-4-3-5-8-20/h3-5,7-8,11-12,16-17,24-26,43H,6,9-10,13-15H2,1-2H3,(H2,35,46)(H,36,38)(H,39,45)(H,40,44)(H4,33,34,37). The highest BCUT2D eigenvalue weighted by atomic mass is 16.6. The maximum Gasteiger partial charge on any atom is 0.405 e. The lowest BCUT2D eigenvalue weighted by atomic mass is 9.95. The van der Waals surface area contributed by atoms with Crippen LogP contribution in [0.1, 0.15) is 58.6 Å². The number of hydrogen-bond acceptors (Lipinski definition) is 10. The van der Waals surface area contributed by atoms with Gasteiger partial charge in [-0.15, -0.1) is 10.2 Å². The number of phenols is 1. The van der Waals surface area contributed by atoms with E-state index in [-0.39, 0.29) is 49.8 Å². The first-order valence-corrected chi connectivity index (χ1v) is 15.2. The van der Waals surface area contributed by atoms with Crippen molar-refractivity contribution in [2.45, 2.75) is 64.1 Å². The summed E-state index contributed by atoms with van der Waals surface area (Å²) in [6.07, 6.45) is 1.59. The summed E-state index contributed by atoms with van der Waals surface area (Å²) in [7, 11) is 0. The number of guanidine groups is 1. The van der Waals surface area contributed by atoms with Crippen LogP contribution < -0.4 is 27.8 Å². The van der Waals surface area contributed by atoms with Crippen molar-refractivity contribution < 1.29 is 28.6 Å². The smallest absolute Gasteiger partial charge is 0.405 e. The number of ether oxygens (including phenoxy) is 1. The third kappa shape index (κ3) is 10.3. The summed E-state index contributed by atoms with van der Waals surface area (Å²) in [5, 5.41) is 24.2. The molecule has 0 aliphatic rings. The van der Waals surface area contributed by atoms with Gasteiger partial charge in [0, 0.05) is 31.3 Å². The van der Waals surface area contributed by atoms with Crippen molar-refractivity contribution >= 4 is 23.9 Å². The maximum atomic E-state index is 14.1. The molecule has 16 heteroatoms. The number of aromatic nitrogens is 4. The number of aliphatic imine (C=N–C) groups is 1. The number of carbonyl (C=O) groups is 3. The summed E-state index contributed by atoms with van der Waals surface area (Å²) in [4.78, 5) is 50.2. The molecule has 16 nitrogen and oxygen atoms in total. The lowest BCUT2D eigenvalue weighted by Crippen LogP contribution is -2.52. The van der Waals surface area contributed by atoms with Crippen LogP contribution in [0, 0.1) is 13.8 Å². The number of phenolic OH excluding ortho intramolecular Hbond substituents is 1. The summed E-state index contributed by atoms with van der Waals surface area (Å²) < 4.78 is 11.1. The van der Waals surface area contributed by atoms with Crippen LogP contribution >= 0.6 is 0 Å². The van der Waals surface area contributed by atoms with E-state index in [9.17, 15) is 19.5 Å². The van der Waals surface area contributed by atoms with Crippen molar-refractivity contribution in [3.8, 4) is 5.75 Å². The molecular weight excluding hydrogens is 620 g/mol. The Morgan fingerprint density at radius 3 is 2.40 bits per heavy atom. The molecule has 0 radical (unpaired) electrons. The minimum atomic E-state index is -1.33. The monoisotopic (exact) mass is 660 g/mol. The first-order chi connectivity index (χ1) is 23.0. The average molecular weight is 661 g/mol. The van der Waals surface area contributed by atoms with Crippen LogP contribution in [0.3, 0.4) is 0 Å². The third-order valence-corrected chi connectivity index (χ3v) is 7.47. The second-order valence-corrected chi connectivity index (χ2v) is 11.2. The van der Waals surface area contributed by atoms with E-state index in [2.05, 4.69) is 35.8 Å². The van der Waals surface area contributed by atoms with Gasteiger partial charge < -0.3 is 47.1 Å². The van der Waals surface area contributed by atoms with Crippen molar-refractivity contribution in [2.24, 2.45) is 22.2 Å². The Morgan fingerprint density at radius 1 is 1.02 bits per heavy atom. The lowest BCUT2D eigenvalue weighted by Gasteiger charge is -2.25. The second kappa shape index (κ2) is 16.6. The Morgan fingerprint density at radius 2 is 1.75 bits per heavy atom. The van der Waals surface area contributed by atoms with Gasteiger partial charge in [-0.2, -0.15) is 0 Å². The zero-order chi connectivity index (χ0) is 34.6. The lowest BCUT2D eigenvalue weighted by molar-refractivity contribution is -0.134. The molecule has 4 rings (SSSR count). The number of rotatable bonds is 16. The zero-order valence-corrected chi connectivity index (χ0v) is 26.7. The number of nitrogens with zero attached hydrogens (tertiary/aromatic N) is 4. The molecule has 3 amide bonds. The number of carbonyl (C=O) groups excluding carboxylic acids is 3. The number of H-pyrrole nitrogens is 1. The molecule has 3 unspecified atom stereocenters. The number of aromatic hydroxyl groups is 1. The molecular formula is C32H40N10O6. The van der Waals surface area contributed by atoms with Crippen LogP contribution in [0.5, 0.6) is 5.75 Å². The molecule has 0 saturated heterocycles. The van der Waals surface area contributed by atoms with E-state index >= 15 is 0 Å². The van der Waals surface area contributed by atoms with E-state index in [4.69, 9.17) is 26.4 Å². The van der Waals surface area contributed by atoms with Gasteiger partial charge in [0.1, 0.15) is 17.8 Å². The van der Waals surface area contributed by atoms with E-state index in [1.54, 1.807) is 32.2 Å². The molecule has 0 saturated carbocycles. The minimum absolute atomic E-state index is 0.0335. The van der Waals surface area contributed by atoms with Gasteiger partial charge in [0.25, 0.3) is 5.91 Å². The fourth-order valence-electron chi connectivity index (χ4n) is 5.18. The molecule has 2 aromatic heterocycles. The molecule has 4 aromatic rings. The number of primary amides is 1. The van der Waals surface area contributed by atoms with Gasteiger partial charge in [-0.1, -0.05) is 30.3 Å². The molecule has 0 bridgehead atoms. The summed E-state index contributed by atoms with van der Waals surface area (Å²) in [5.41, 5.74) is 19.8. The minimum Gasteiger partial charge on any atom is -0.508 e. The van der Waals surface area contributed by atoms with Crippen LogP contribution in [-0.2, 0) is 33.6 Å². The van der Waals surface area contributed by atoms with E-state index in [1.807, 2.05) is 30.3 Å². The average Bonchev–Trinajstić information content (AvgIpc) is 3.72. The predicted molar refractivity (Wildman–Crippen MR) is 174 cm³/mol. The fraction of sp³-hybridized carbons (Fsp3) is 0.344. The number of benzene rings is 2. The van der Waals surface area contributed by atoms with E-state index in [0.717, 1.165) is 11.1 Å². The number of aryl methyl sites for hydroxylation is 2. The molecule has 10 N–H and O–H groups in total. The van der Waals surface area contributed by atoms with Crippen molar-refractivity contribution in [3.63, 3.8) is 0 Å². The molecule has 0 spiro atoms. The number of imidazole rings is 1. The second-order valence-electron chi connectivity index (χ2n) is 11.2. The first kappa shape index (κ1) is 34.9. The Bertz CT molecular complexity index is 1680. The quantitative estimate of drug-likeness (QED) is 0.0512. The first-order valence-electron chi connectivity index (χ1n) is 15.2.